The summed E-state index contributed by atoms with van der Waals surface area (Å²) >= 11 is 0. The topological polar surface area (TPSA) is 57.5 Å². The smallest absolute Gasteiger partial charge is 0.330 e. The summed E-state index contributed by atoms with van der Waals surface area (Å²) < 4.78 is 0. The second-order valence-electron chi connectivity index (χ2n) is 3.77. The van der Waals surface area contributed by atoms with Crippen molar-refractivity contribution in [3.8, 4) is 0 Å². The standard InChI is InChI=1S/C11H20O3/c1-9(6-4-8-12)5-3-7-10(2)11(13)14/h9,12H,2-8H2,1H3,(H,13,14). The zero-order valence-corrected chi connectivity index (χ0v) is 8.83. The molecule has 0 aromatic rings. The van der Waals surface area contributed by atoms with Crippen LogP contribution in [0.3, 0.4) is 0 Å². The fourth-order valence-electron chi connectivity index (χ4n) is 1.35. The molecule has 0 saturated heterocycles. The summed E-state index contributed by atoms with van der Waals surface area (Å²) in [5.74, 6) is -0.336. The highest BCUT2D eigenvalue weighted by Gasteiger charge is 2.05. The Morgan fingerprint density at radius 3 is 2.43 bits per heavy atom. The van der Waals surface area contributed by atoms with E-state index in [-0.39, 0.29) is 6.61 Å². The van der Waals surface area contributed by atoms with Crippen molar-refractivity contribution in [3.63, 3.8) is 0 Å². The first-order valence-corrected chi connectivity index (χ1v) is 5.09. The quantitative estimate of drug-likeness (QED) is 0.590. The lowest BCUT2D eigenvalue weighted by atomic mass is 9.97. The Labute approximate surface area is 85.4 Å². The molecule has 14 heavy (non-hydrogen) atoms. The van der Waals surface area contributed by atoms with Crippen molar-refractivity contribution in [3.05, 3.63) is 12.2 Å². The highest BCUT2D eigenvalue weighted by atomic mass is 16.4. The molecule has 0 amide bonds. The van der Waals surface area contributed by atoms with Gasteiger partial charge in [-0.05, 0) is 31.6 Å². The number of aliphatic hydroxyl groups is 1. The van der Waals surface area contributed by atoms with E-state index in [1.54, 1.807) is 0 Å². The van der Waals surface area contributed by atoms with Crippen molar-refractivity contribution >= 4 is 5.97 Å². The minimum Gasteiger partial charge on any atom is -0.478 e. The fourth-order valence-corrected chi connectivity index (χ4v) is 1.35. The minimum absolute atomic E-state index is 0.242. The van der Waals surface area contributed by atoms with E-state index >= 15 is 0 Å². The number of hydrogen-bond donors (Lipinski definition) is 2. The molecule has 0 bridgehead atoms. The van der Waals surface area contributed by atoms with Crippen LogP contribution >= 0.6 is 0 Å². The van der Waals surface area contributed by atoms with Gasteiger partial charge in [-0.2, -0.15) is 0 Å². The molecular weight excluding hydrogens is 180 g/mol. The van der Waals surface area contributed by atoms with Gasteiger partial charge in [-0.15, -0.1) is 0 Å². The average Bonchev–Trinajstić information content (AvgIpc) is 2.14. The summed E-state index contributed by atoms with van der Waals surface area (Å²) in [5, 5.41) is 17.2. The number of aliphatic carboxylic acids is 1. The van der Waals surface area contributed by atoms with E-state index in [4.69, 9.17) is 10.2 Å². The van der Waals surface area contributed by atoms with Crippen LogP contribution in [-0.4, -0.2) is 22.8 Å². The Kier molecular flexibility index (Phi) is 7.11. The predicted molar refractivity (Wildman–Crippen MR) is 56.1 cm³/mol. The van der Waals surface area contributed by atoms with Crippen LogP contribution in [-0.2, 0) is 4.79 Å². The van der Waals surface area contributed by atoms with Gasteiger partial charge in [0, 0.05) is 12.2 Å². The third-order valence-electron chi connectivity index (χ3n) is 2.33. The number of rotatable bonds is 8. The van der Waals surface area contributed by atoms with Gasteiger partial charge in [0.1, 0.15) is 0 Å². The highest BCUT2D eigenvalue weighted by Crippen LogP contribution is 2.15. The third kappa shape index (κ3) is 6.66. The van der Waals surface area contributed by atoms with Crippen LogP contribution in [0.5, 0.6) is 0 Å². The van der Waals surface area contributed by atoms with Gasteiger partial charge in [-0.3, -0.25) is 0 Å². The predicted octanol–water partition coefficient (Wildman–Crippen LogP) is 2.21. The van der Waals surface area contributed by atoms with Crippen molar-refractivity contribution in [2.45, 2.75) is 39.0 Å². The molecule has 2 N–H and O–H groups in total. The average molecular weight is 200 g/mol. The van der Waals surface area contributed by atoms with Crippen LogP contribution in [0, 0.1) is 5.92 Å². The van der Waals surface area contributed by atoms with E-state index in [1.165, 1.54) is 0 Å². The van der Waals surface area contributed by atoms with Crippen LogP contribution < -0.4 is 0 Å². The van der Waals surface area contributed by atoms with Gasteiger partial charge < -0.3 is 10.2 Å². The van der Waals surface area contributed by atoms with Gasteiger partial charge in [-0.25, -0.2) is 4.79 Å². The lowest BCUT2D eigenvalue weighted by molar-refractivity contribution is -0.132. The second kappa shape index (κ2) is 7.56. The number of carboxylic acid groups (broad SMARTS) is 1. The molecule has 82 valence electrons. The SMILES string of the molecule is C=C(CCCC(C)CCCO)C(=O)O. The second-order valence-corrected chi connectivity index (χ2v) is 3.77. The largest absolute Gasteiger partial charge is 0.478 e. The van der Waals surface area contributed by atoms with Gasteiger partial charge >= 0.3 is 5.97 Å². The molecule has 0 aromatic heterocycles. The molecule has 0 rings (SSSR count). The summed E-state index contributed by atoms with van der Waals surface area (Å²) in [4.78, 5) is 10.4. The van der Waals surface area contributed by atoms with Crippen LogP contribution in [0.25, 0.3) is 0 Å². The normalized spacial score (nSPS) is 12.4. The van der Waals surface area contributed by atoms with Crippen molar-refractivity contribution < 1.29 is 15.0 Å². The number of carbonyl (C=O) groups is 1. The molecule has 0 fully saturated rings. The monoisotopic (exact) mass is 200 g/mol. The zero-order valence-electron chi connectivity index (χ0n) is 8.83. The molecule has 0 aromatic carbocycles. The van der Waals surface area contributed by atoms with Gasteiger partial charge in [-0.1, -0.05) is 19.9 Å². The van der Waals surface area contributed by atoms with E-state index in [0.29, 0.717) is 17.9 Å². The van der Waals surface area contributed by atoms with Crippen molar-refractivity contribution in [2.24, 2.45) is 5.92 Å². The molecule has 1 atom stereocenters. The Bertz CT molecular complexity index is 187. The van der Waals surface area contributed by atoms with Crippen LogP contribution in [0.2, 0.25) is 0 Å². The molecule has 0 saturated carbocycles. The lowest BCUT2D eigenvalue weighted by Gasteiger charge is -2.09. The Morgan fingerprint density at radius 2 is 1.93 bits per heavy atom. The number of hydrogen-bond acceptors (Lipinski definition) is 2. The molecule has 3 nitrogen and oxygen atoms in total. The van der Waals surface area contributed by atoms with Gasteiger partial charge in [0.25, 0.3) is 0 Å². The first-order chi connectivity index (χ1) is 6.57. The van der Waals surface area contributed by atoms with Crippen LogP contribution in [0.15, 0.2) is 12.2 Å². The summed E-state index contributed by atoms with van der Waals surface area (Å²) in [7, 11) is 0. The third-order valence-corrected chi connectivity index (χ3v) is 2.33. The summed E-state index contributed by atoms with van der Waals surface area (Å²) in [6, 6.07) is 0. The Balaban J connectivity index is 3.44. The van der Waals surface area contributed by atoms with E-state index in [0.717, 1.165) is 25.7 Å². The van der Waals surface area contributed by atoms with E-state index in [1.807, 2.05) is 0 Å². The molecule has 3 heteroatoms. The molecular formula is C11H20O3. The molecule has 0 aliphatic rings. The maximum Gasteiger partial charge on any atom is 0.330 e. The molecule has 0 aliphatic carbocycles. The molecule has 1 unspecified atom stereocenters. The molecule has 0 heterocycles. The van der Waals surface area contributed by atoms with E-state index < -0.39 is 5.97 Å². The summed E-state index contributed by atoms with van der Waals surface area (Å²) in [5.41, 5.74) is 0.291. The van der Waals surface area contributed by atoms with Gasteiger partial charge in [0.2, 0.25) is 0 Å². The van der Waals surface area contributed by atoms with E-state index in [9.17, 15) is 4.79 Å². The molecule has 0 spiro atoms. The zero-order chi connectivity index (χ0) is 11.0. The minimum atomic E-state index is -0.895. The van der Waals surface area contributed by atoms with Crippen molar-refractivity contribution in [2.75, 3.05) is 6.61 Å². The van der Waals surface area contributed by atoms with Crippen LogP contribution in [0.4, 0.5) is 0 Å². The van der Waals surface area contributed by atoms with Gasteiger partial charge in [0.05, 0.1) is 0 Å². The summed E-state index contributed by atoms with van der Waals surface area (Å²) in [6.07, 6.45) is 4.29. The first kappa shape index (κ1) is 13.2. The number of aliphatic hydroxyl groups excluding tert-OH is 1. The fraction of sp³-hybridized carbons (Fsp3) is 0.727. The lowest BCUT2D eigenvalue weighted by Crippen LogP contribution is -2.01. The maximum absolute atomic E-state index is 10.4. The maximum atomic E-state index is 10.4. The molecule has 0 aliphatic heterocycles. The van der Waals surface area contributed by atoms with Crippen molar-refractivity contribution in [1.82, 2.24) is 0 Å². The van der Waals surface area contributed by atoms with E-state index in [2.05, 4.69) is 13.5 Å². The van der Waals surface area contributed by atoms with Gasteiger partial charge in [0.15, 0.2) is 0 Å². The summed E-state index contributed by atoms with van der Waals surface area (Å²) in [6.45, 7) is 5.84. The Hall–Kier alpha value is -0.830. The first-order valence-electron chi connectivity index (χ1n) is 5.09. The number of carboxylic acids is 1. The highest BCUT2D eigenvalue weighted by molar-refractivity contribution is 5.85. The van der Waals surface area contributed by atoms with Crippen molar-refractivity contribution in [1.29, 1.82) is 0 Å². The Morgan fingerprint density at radius 1 is 1.36 bits per heavy atom. The van der Waals surface area contributed by atoms with Crippen LogP contribution in [0.1, 0.15) is 39.0 Å². The molecule has 0 radical (unpaired) electrons.